The zero-order chi connectivity index (χ0) is 13.7. The van der Waals surface area contributed by atoms with Gasteiger partial charge in [-0.15, -0.1) is 11.8 Å². The summed E-state index contributed by atoms with van der Waals surface area (Å²) in [7, 11) is 1.32. The molecular weight excluding hydrogens is 274 g/mol. The first-order valence-corrected chi connectivity index (χ1v) is 7.64. The molecule has 0 aliphatic carbocycles. The molecule has 0 aromatic rings. The SMILES string of the molecule is COC(=O)C1SCCN1C(=O)C(C)CSC(C)=O. The minimum absolute atomic E-state index is 0.00466. The molecule has 7 heteroatoms. The Kier molecular flexibility index (Phi) is 6.01. The predicted molar refractivity (Wildman–Crippen MR) is 72.3 cm³/mol. The molecule has 1 fully saturated rings. The van der Waals surface area contributed by atoms with E-state index >= 15 is 0 Å². The number of thioether (sulfide) groups is 2. The van der Waals surface area contributed by atoms with Crippen molar-refractivity contribution in [2.75, 3.05) is 25.2 Å². The maximum absolute atomic E-state index is 12.2. The van der Waals surface area contributed by atoms with Gasteiger partial charge >= 0.3 is 5.97 Å². The van der Waals surface area contributed by atoms with Crippen LogP contribution in [0.3, 0.4) is 0 Å². The third-order valence-corrected chi connectivity index (χ3v) is 4.79. The summed E-state index contributed by atoms with van der Waals surface area (Å²) in [5.74, 6) is 0.424. The molecule has 1 amide bonds. The molecule has 1 heterocycles. The molecule has 0 aromatic carbocycles. The lowest BCUT2D eigenvalue weighted by molar-refractivity contribution is -0.149. The Hall–Kier alpha value is -0.690. The molecule has 2 unspecified atom stereocenters. The molecule has 0 saturated carbocycles. The van der Waals surface area contributed by atoms with Crippen molar-refractivity contribution < 1.29 is 19.1 Å². The average Bonchev–Trinajstić information content (AvgIpc) is 2.82. The van der Waals surface area contributed by atoms with E-state index in [0.717, 1.165) is 17.5 Å². The van der Waals surface area contributed by atoms with Crippen LogP contribution in [0.2, 0.25) is 0 Å². The number of ether oxygens (including phenoxy) is 1. The number of carbonyl (C=O) groups is 3. The zero-order valence-electron chi connectivity index (χ0n) is 10.7. The molecule has 0 radical (unpaired) electrons. The van der Waals surface area contributed by atoms with Crippen molar-refractivity contribution in [2.45, 2.75) is 19.2 Å². The number of nitrogens with zero attached hydrogens (tertiary/aromatic N) is 1. The smallest absolute Gasteiger partial charge is 0.339 e. The fraction of sp³-hybridized carbons (Fsp3) is 0.727. The lowest BCUT2D eigenvalue weighted by Crippen LogP contribution is -2.43. The topological polar surface area (TPSA) is 63.7 Å². The van der Waals surface area contributed by atoms with Crippen molar-refractivity contribution in [3.05, 3.63) is 0 Å². The molecule has 0 spiro atoms. The normalized spacial score (nSPS) is 20.6. The first-order valence-electron chi connectivity index (χ1n) is 5.60. The molecule has 1 aliphatic rings. The Morgan fingerprint density at radius 1 is 1.50 bits per heavy atom. The van der Waals surface area contributed by atoms with E-state index in [4.69, 9.17) is 0 Å². The number of rotatable bonds is 4. The lowest BCUT2D eigenvalue weighted by atomic mass is 10.2. The molecule has 5 nitrogen and oxygen atoms in total. The summed E-state index contributed by atoms with van der Waals surface area (Å²) in [5.41, 5.74) is 0. The average molecular weight is 291 g/mol. The summed E-state index contributed by atoms with van der Waals surface area (Å²) in [6.07, 6.45) is 0. The molecule has 0 N–H and O–H groups in total. The van der Waals surface area contributed by atoms with Gasteiger partial charge in [-0.25, -0.2) is 4.79 Å². The Morgan fingerprint density at radius 3 is 2.72 bits per heavy atom. The molecular formula is C11H17NO4S2. The minimum atomic E-state index is -0.535. The fourth-order valence-electron chi connectivity index (χ4n) is 1.59. The largest absolute Gasteiger partial charge is 0.467 e. The number of hydrogen-bond donors (Lipinski definition) is 0. The van der Waals surface area contributed by atoms with Crippen molar-refractivity contribution in [3.8, 4) is 0 Å². The van der Waals surface area contributed by atoms with Crippen molar-refractivity contribution in [2.24, 2.45) is 5.92 Å². The van der Waals surface area contributed by atoms with Crippen LogP contribution in [0.1, 0.15) is 13.8 Å². The highest BCUT2D eigenvalue weighted by molar-refractivity contribution is 8.13. The standard InChI is InChI=1S/C11H17NO4S2/c1-7(6-18-8(2)13)9(14)12-4-5-17-10(12)11(15)16-3/h7,10H,4-6H2,1-3H3. The first kappa shape index (κ1) is 15.4. The molecule has 1 aliphatic heterocycles. The van der Waals surface area contributed by atoms with Gasteiger partial charge in [0.2, 0.25) is 5.91 Å². The molecule has 1 rings (SSSR count). The minimum Gasteiger partial charge on any atom is -0.467 e. The van der Waals surface area contributed by atoms with Crippen LogP contribution in [0.15, 0.2) is 0 Å². The summed E-state index contributed by atoms with van der Waals surface area (Å²) in [6, 6.07) is 0. The van der Waals surface area contributed by atoms with Crippen LogP contribution in [-0.4, -0.2) is 52.4 Å². The third-order valence-electron chi connectivity index (χ3n) is 2.54. The second kappa shape index (κ2) is 7.04. The third kappa shape index (κ3) is 3.91. The summed E-state index contributed by atoms with van der Waals surface area (Å²) in [6.45, 7) is 3.80. The van der Waals surface area contributed by atoms with Crippen LogP contribution in [0, 0.1) is 5.92 Å². The van der Waals surface area contributed by atoms with E-state index < -0.39 is 11.3 Å². The molecule has 18 heavy (non-hydrogen) atoms. The summed E-state index contributed by atoms with van der Waals surface area (Å²) in [5, 5.41) is -0.540. The van der Waals surface area contributed by atoms with Gasteiger partial charge < -0.3 is 9.64 Å². The van der Waals surface area contributed by atoms with E-state index in [9.17, 15) is 14.4 Å². The van der Waals surface area contributed by atoms with Crippen molar-refractivity contribution in [3.63, 3.8) is 0 Å². The molecule has 2 atom stereocenters. The Morgan fingerprint density at radius 2 is 2.17 bits per heavy atom. The summed E-state index contributed by atoms with van der Waals surface area (Å²) >= 11 is 2.54. The van der Waals surface area contributed by atoms with Gasteiger partial charge in [-0.2, -0.15) is 0 Å². The molecule has 1 saturated heterocycles. The Labute approximate surface area is 115 Å². The number of methoxy groups -OCH3 is 1. The van der Waals surface area contributed by atoms with Gasteiger partial charge in [-0.3, -0.25) is 9.59 Å². The number of esters is 1. The molecule has 102 valence electrons. The van der Waals surface area contributed by atoms with Crippen LogP contribution < -0.4 is 0 Å². The van der Waals surface area contributed by atoms with E-state index in [1.165, 1.54) is 25.8 Å². The van der Waals surface area contributed by atoms with Crippen LogP contribution in [0.25, 0.3) is 0 Å². The van der Waals surface area contributed by atoms with Gasteiger partial charge in [0.15, 0.2) is 10.5 Å². The highest BCUT2D eigenvalue weighted by Crippen LogP contribution is 2.27. The maximum atomic E-state index is 12.2. The quantitative estimate of drug-likeness (QED) is 0.719. The number of amides is 1. The molecule has 0 aromatic heterocycles. The van der Waals surface area contributed by atoms with Crippen LogP contribution in [0.4, 0.5) is 0 Å². The van der Waals surface area contributed by atoms with E-state index in [0.29, 0.717) is 12.3 Å². The summed E-state index contributed by atoms with van der Waals surface area (Å²) < 4.78 is 4.68. The van der Waals surface area contributed by atoms with E-state index in [1.54, 1.807) is 11.8 Å². The van der Waals surface area contributed by atoms with Crippen molar-refractivity contribution in [1.82, 2.24) is 4.90 Å². The Balaban J connectivity index is 2.59. The monoisotopic (exact) mass is 291 g/mol. The number of carbonyl (C=O) groups excluding carboxylic acids is 3. The van der Waals surface area contributed by atoms with Crippen LogP contribution in [0.5, 0.6) is 0 Å². The second-order valence-electron chi connectivity index (χ2n) is 3.98. The van der Waals surface area contributed by atoms with Gasteiger partial charge in [0, 0.05) is 30.9 Å². The van der Waals surface area contributed by atoms with Gasteiger partial charge in [0.25, 0.3) is 0 Å². The fourth-order valence-corrected chi connectivity index (χ4v) is 3.36. The second-order valence-corrected chi connectivity index (χ2v) is 6.37. The Bertz CT molecular complexity index is 348. The van der Waals surface area contributed by atoms with Crippen LogP contribution in [-0.2, 0) is 19.1 Å². The van der Waals surface area contributed by atoms with Gasteiger partial charge in [0.1, 0.15) is 0 Å². The first-order chi connectivity index (χ1) is 8.47. The van der Waals surface area contributed by atoms with Gasteiger partial charge in [0.05, 0.1) is 7.11 Å². The highest BCUT2D eigenvalue weighted by Gasteiger charge is 2.37. The highest BCUT2D eigenvalue weighted by atomic mass is 32.2. The zero-order valence-corrected chi connectivity index (χ0v) is 12.3. The van der Waals surface area contributed by atoms with E-state index in [2.05, 4.69) is 4.74 Å². The van der Waals surface area contributed by atoms with Gasteiger partial charge in [-0.1, -0.05) is 18.7 Å². The van der Waals surface area contributed by atoms with E-state index in [-0.39, 0.29) is 16.9 Å². The van der Waals surface area contributed by atoms with E-state index in [1.807, 2.05) is 0 Å². The lowest BCUT2D eigenvalue weighted by Gasteiger charge is -2.24. The predicted octanol–water partition coefficient (Wildman–Crippen LogP) is 0.977. The summed E-state index contributed by atoms with van der Waals surface area (Å²) in [4.78, 5) is 36.1. The van der Waals surface area contributed by atoms with Crippen molar-refractivity contribution >= 4 is 40.5 Å². The van der Waals surface area contributed by atoms with Gasteiger partial charge in [-0.05, 0) is 0 Å². The maximum Gasteiger partial charge on any atom is 0.339 e. The molecule has 0 bridgehead atoms. The number of hydrogen-bond acceptors (Lipinski definition) is 6. The van der Waals surface area contributed by atoms with Crippen LogP contribution >= 0.6 is 23.5 Å². The van der Waals surface area contributed by atoms with Crippen molar-refractivity contribution in [1.29, 1.82) is 0 Å².